The molecule has 1 spiro atoms. The van der Waals surface area contributed by atoms with Gasteiger partial charge in [0.15, 0.2) is 0 Å². The average molecular weight is 323 g/mol. The van der Waals surface area contributed by atoms with E-state index in [1.807, 2.05) is 45.9 Å². The normalized spacial score (nSPS) is 34.1. The van der Waals surface area contributed by atoms with Gasteiger partial charge in [-0.25, -0.2) is 0 Å². The van der Waals surface area contributed by atoms with E-state index in [2.05, 4.69) is 0 Å². The van der Waals surface area contributed by atoms with Gasteiger partial charge in [0.05, 0.1) is 10.8 Å². The molecule has 0 N–H and O–H groups in total. The second-order valence-corrected chi connectivity index (χ2v) is 8.12. The number of allylic oxidation sites excluding steroid dienone is 3. The topological polar surface area (TPSA) is 20.3 Å². The fourth-order valence-electron chi connectivity index (χ4n) is 2.68. The maximum atomic E-state index is 12.5. The van der Waals surface area contributed by atoms with Gasteiger partial charge in [0, 0.05) is 12.1 Å². The number of hydrogen-bond donors (Lipinski definition) is 0. The van der Waals surface area contributed by atoms with E-state index in [1.165, 1.54) is 0 Å². The summed E-state index contributed by atoms with van der Waals surface area (Å²) < 4.78 is -1.53. The first-order valence-electron chi connectivity index (χ1n) is 6.24. The Bertz CT molecular complexity index is 476. The van der Waals surface area contributed by atoms with E-state index in [9.17, 15) is 4.79 Å². The third kappa shape index (κ3) is 2.12. The van der Waals surface area contributed by atoms with Crippen molar-refractivity contribution in [3.8, 4) is 0 Å². The summed E-state index contributed by atoms with van der Waals surface area (Å²) >= 11 is 19.3. The smallest absolute Gasteiger partial charge is 0.260 e. The van der Waals surface area contributed by atoms with Crippen molar-refractivity contribution < 1.29 is 4.79 Å². The summed E-state index contributed by atoms with van der Waals surface area (Å²) in [7, 11) is 0. The van der Waals surface area contributed by atoms with E-state index in [-0.39, 0.29) is 11.4 Å². The van der Waals surface area contributed by atoms with Crippen LogP contribution in [-0.4, -0.2) is 32.6 Å². The largest absolute Gasteiger partial charge is 0.334 e. The van der Waals surface area contributed by atoms with Crippen LogP contribution in [0, 0.1) is 5.41 Å². The Morgan fingerprint density at radius 1 is 1.37 bits per heavy atom. The highest BCUT2D eigenvalue weighted by atomic mass is 35.5. The zero-order valence-electron chi connectivity index (χ0n) is 11.5. The van der Waals surface area contributed by atoms with Crippen LogP contribution in [0.25, 0.3) is 0 Å². The highest BCUT2D eigenvalue weighted by Crippen LogP contribution is 2.56. The van der Waals surface area contributed by atoms with Crippen LogP contribution < -0.4 is 0 Å². The summed E-state index contributed by atoms with van der Waals surface area (Å²) in [6.45, 7) is 8.28. The minimum Gasteiger partial charge on any atom is -0.334 e. The Kier molecular flexibility index (Phi) is 3.53. The van der Waals surface area contributed by atoms with Gasteiger partial charge >= 0.3 is 0 Å². The number of halogens is 3. The Labute approximate surface area is 129 Å². The van der Waals surface area contributed by atoms with Crippen LogP contribution in [-0.2, 0) is 4.79 Å². The van der Waals surface area contributed by atoms with Crippen molar-refractivity contribution in [3.05, 3.63) is 23.8 Å². The highest BCUT2D eigenvalue weighted by molar-refractivity contribution is 6.59. The number of rotatable bonds is 0. The molecule has 1 aliphatic heterocycles. The van der Waals surface area contributed by atoms with Crippen molar-refractivity contribution >= 4 is 40.7 Å². The molecule has 1 heterocycles. The number of carbonyl (C=O) groups is 1. The molecule has 1 saturated heterocycles. The molecule has 0 aromatic heterocycles. The van der Waals surface area contributed by atoms with Crippen LogP contribution in [0.15, 0.2) is 23.8 Å². The molecule has 2 nitrogen and oxygen atoms in total. The minimum atomic E-state index is -1.53. The summed E-state index contributed by atoms with van der Waals surface area (Å²) in [5, 5.41) is -0.400. The van der Waals surface area contributed by atoms with Gasteiger partial charge in [-0.1, -0.05) is 47.0 Å². The number of alkyl halides is 3. The van der Waals surface area contributed by atoms with Gasteiger partial charge in [0.2, 0.25) is 4.33 Å². The van der Waals surface area contributed by atoms with Crippen molar-refractivity contribution in [3.63, 3.8) is 0 Å². The van der Waals surface area contributed by atoms with Crippen LogP contribution in [0.3, 0.4) is 0 Å². The molecule has 0 aromatic carbocycles. The van der Waals surface area contributed by atoms with Crippen molar-refractivity contribution in [1.29, 1.82) is 0 Å². The van der Waals surface area contributed by atoms with Gasteiger partial charge in [-0.2, -0.15) is 0 Å². The van der Waals surface area contributed by atoms with Crippen LogP contribution in [0.4, 0.5) is 0 Å². The lowest BCUT2D eigenvalue weighted by Gasteiger charge is -2.38. The maximum Gasteiger partial charge on any atom is 0.260 e. The average Bonchev–Trinajstić information content (AvgIpc) is 2.45. The molecular formula is C14H18Cl3NO. The molecular weight excluding hydrogens is 305 g/mol. The second kappa shape index (κ2) is 4.41. The Balaban J connectivity index is 2.54. The molecule has 1 amide bonds. The van der Waals surface area contributed by atoms with Gasteiger partial charge in [-0.3, -0.25) is 4.79 Å². The first-order chi connectivity index (χ1) is 8.52. The molecule has 0 saturated carbocycles. The van der Waals surface area contributed by atoms with Crippen molar-refractivity contribution in [1.82, 2.24) is 4.90 Å². The number of hydrogen-bond acceptors (Lipinski definition) is 1. The van der Waals surface area contributed by atoms with Crippen molar-refractivity contribution in [2.24, 2.45) is 5.41 Å². The molecule has 0 bridgehead atoms. The van der Waals surface area contributed by atoms with Gasteiger partial charge in [-0.15, -0.1) is 11.6 Å². The lowest BCUT2D eigenvalue weighted by atomic mass is 9.77. The van der Waals surface area contributed by atoms with E-state index in [0.29, 0.717) is 6.54 Å². The summed E-state index contributed by atoms with van der Waals surface area (Å²) in [5.74, 6) is -0.270. The molecule has 2 rings (SSSR count). The Morgan fingerprint density at radius 3 is 2.42 bits per heavy atom. The third-order valence-corrected chi connectivity index (χ3v) is 5.40. The van der Waals surface area contributed by atoms with E-state index in [4.69, 9.17) is 34.8 Å². The molecule has 1 aliphatic carbocycles. The summed E-state index contributed by atoms with van der Waals surface area (Å²) in [5.41, 5.74) is -0.0955. The van der Waals surface area contributed by atoms with E-state index in [1.54, 1.807) is 4.90 Å². The summed E-state index contributed by atoms with van der Waals surface area (Å²) in [6, 6.07) is 0. The first kappa shape index (κ1) is 15.2. The third-order valence-electron chi connectivity index (χ3n) is 3.83. The van der Waals surface area contributed by atoms with Gasteiger partial charge < -0.3 is 4.90 Å². The Hall–Kier alpha value is -0.180. The fraction of sp³-hybridized carbons (Fsp3) is 0.643. The van der Waals surface area contributed by atoms with Crippen LogP contribution in [0.5, 0.6) is 0 Å². The Morgan fingerprint density at radius 2 is 1.95 bits per heavy atom. The maximum absolute atomic E-state index is 12.5. The molecule has 1 fully saturated rings. The minimum absolute atomic E-state index is 0.270. The molecule has 0 radical (unpaired) electrons. The molecule has 0 aromatic rings. The van der Waals surface area contributed by atoms with E-state index < -0.39 is 15.1 Å². The molecule has 1 unspecified atom stereocenters. The van der Waals surface area contributed by atoms with Crippen LogP contribution in [0.1, 0.15) is 27.7 Å². The monoisotopic (exact) mass is 321 g/mol. The molecule has 5 heteroatoms. The van der Waals surface area contributed by atoms with Gasteiger partial charge in [0.1, 0.15) is 0 Å². The molecule has 106 valence electrons. The second-order valence-electron chi connectivity index (χ2n) is 6.33. The van der Waals surface area contributed by atoms with Crippen LogP contribution in [0.2, 0.25) is 0 Å². The lowest BCUT2D eigenvalue weighted by Crippen LogP contribution is -2.46. The predicted molar refractivity (Wildman–Crippen MR) is 80.9 cm³/mol. The zero-order valence-corrected chi connectivity index (χ0v) is 13.8. The quantitative estimate of drug-likeness (QED) is 0.619. The summed E-state index contributed by atoms with van der Waals surface area (Å²) in [6.07, 6.45) is 5.72. The molecule has 19 heavy (non-hydrogen) atoms. The number of nitrogens with zero attached hydrogens (tertiary/aromatic N) is 1. The van der Waals surface area contributed by atoms with E-state index in [0.717, 1.165) is 5.57 Å². The lowest BCUT2D eigenvalue weighted by molar-refractivity contribution is -0.132. The molecule has 2 atom stereocenters. The number of likely N-dealkylation sites (tertiary alicyclic amines) is 1. The number of carbonyl (C=O) groups excluding carboxylic acids is 1. The molecule has 2 aliphatic rings. The standard InChI is InChI=1S/C14H18Cl3NO/c1-9-5-6-10(15)13(7-9)8-18(12(2,3)4)11(19)14(13,16)17/h5-7,10H,8H2,1-4H3/t10-,13?/m0/s1. The fourth-order valence-corrected chi connectivity index (χ4v) is 3.83. The number of amides is 1. The SMILES string of the molecule is CC1=CC2(CN(C(C)(C)C)C(=O)C2(Cl)Cl)[C@@H](Cl)C=C1. The van der Waals surface area contributed by atoms with Crippen molar-refractivity contribution in [2.75, 3.05) is 6.54 Å². The van der Waals surface area contributed by atoms with Crippen molar-refractivity contribution in [2.45, 2.75) is 42.9 Å². The predicted octanol–water partition coefficient (Wildman–Crippen LogP) is 3.91. The zero-order chi connectivity index (χ0) is 14.6. The summed E-state index contributed by atoms with van der Waals surface area (Å²) in [4.78, 5) is 14.3. The van der Waals surface area contributed by atoms with Gasteiger partial charge in [0.25, 0.3) is 5.91 Å². The van der Waals surface area contributed by atoms with Crippen LogP contribution >= 0.6 is 34.8 Å². The van der Waals surface area contributed by atoms with Gasteiger partial charge in [-0.05, 0) is 27.7 Å². The van der Waals surface area contributed by atoms with E-state index >= 15 is 0 Å². The highest BCUT2D eigenvalue weighted by Gasteiger charge is 2.65. The first-order valence-corrected chi connectivity index (χ1v) is 7.43.